The Morgan fingerprint density at radius 2 is 2.00 bits per heavy atom. The van der Waals surface area contributed by atoms with Crippen molar-refractivity contribution in [1.82, 2.24) is 9.55 Å². The molecule has 1 heterocycles. The lowest BCUT2D eigenvalue weighted by Gasteiger charge is -2.08. The minimum absolute atomic E-state index is 0.129. The summed E-state index contributed by atoms with van der Waals surface area (Å²) in [7, 11) is 1.62. The quantitative estimate of drug-likeness (QED) is 0.854. The van der Waals surface area contributed by atoms with Crippen LogP contribution in [0.5, 0.6) is 5.75 Å². The number of hydrogen-bond donors (Lipinski definition) is 0. The summed E-state index contributed by atoms with van der Waals surface area (Å²) >= 11 is 5.85. The average molecular weight is 265 g/mol. The molecule has 18 heavy (non-hydrogen) atoms. The van der Waals surface area contributed by atoms with Crippen LogP contribution in [0.1, 0.15) is 11.3 Å². The first kappa shape index (κ1) is 12.6. The summed E-state index contributed by atoms with van der Waals surface area (Å²) in [4.78, 5) is 15.8. The van der Waals surface area contributed by atoms with Crippen molar-refractivity contribution in [1.29, 1.82) is 0 Å². The predicted octanol–water partition coefficient (Wildman–Crippen LogP) is 2.26. The molecule has 5 heteroatoms. The number of halogens is 1. The second kappa shape index (κ2) is 5.23. The summed E-state index contributed by atoms with van der Waals surface area (Å²) in [5, 5.41) is 0.320. The Bertz CT molecular complexity index is 605. The molecule has 0 saturated heterocycles. The van der Waals surface area contributed by atoms with Crippen molar-refractivity contribution in [3.05, 3.63) is 57.2 Å². The highest BCUT2D eigenvalue weighted by Crippen LogP contribution is 2.12. The molecule has 2 rings (SSSR count). The first-order valence-electron chi connectivity index (χ1n) is 5.46. The molecule has 0 aliphatic rings. The van der Waals surface area contributed by atoms with Crippen LogP contribution in [0.25, 0.3) is 0 Å². The third kappa shape index (κ3) is 2.71. The van der Waals surface area contributed by atoms with Gasteiger partial charge in [0.05, 0.1) is 13.7 Å². The molecule has 4 nitrogen and oxygen atoms in total. The van der Waals surface area contributed by atoms with Gasteiger partial charge >= 0.3 is 0 Å². The second-order valence-electron chi connectivity index (χ2n) is 3.93. The Kier molecular flexibility index (Phi) is 3.67. The van der Waals surface area contributed by atoms with Crippen molar-refractivity contribution in [3.63, 3.8) is 0 Å². The number of benzene rings is 1. The number of rotatable bonds is 3. The fourth-order valence-corrected chi connectivity index (χ4v) is 1.92. The topological polar surface area (TPSA) is 44.1 Å². The second-order valence-corrected chi connectivity index (χ2v) is 4.32. The highest BCUT2D eigenvalue weighted by Gasteiger charge is 2.04. The zero-order valence-corrected chi connectivity index (χ0v) is 10.9. The maximum atomic E-state index is 11.9. The lowest BCUT2D eigenvalue weighted by atomic mass is 10.2. The summed E-state index contributed by atoms with van der Waals surface area (Å²) < 4.78 is 6.63. The number of aromatic nitrogens is 2. The average Bonchev–Trinajstić information content (AvgIpc) is 2.36. The summed E-state index contributed by atoms with van der Waals surface area (Å²) in [6, 6.07) is 7.54. The lowest BCUT2D eigenvalue weighted by molar-refractivity contribution is 0.414. The molecular formula is C13H13ClN2O2. The van der Waals surface area contributed by atoms with Crippen molar-refractivity contribution in [2.24, 2.45) is 0 Å². The van der Waals surface area contributed by atoms with Crippen molar-refractivity contribution in [2.45, 2.75) is 13.5 Å². The maximum absolute atomic E-state index is 11.9. The van der Waals surface area contributed by atoms with Gasteiger partial charge in [0, 0.05) is 6.20 Å². The molecule has 94 valence electrons. The Balaban J connectivity index is 2.31. The van der Waals surface area contributed by atoms with Crippen LogP contribution in [0.3, 0.4) is 0 Å². The van der Waals surface area contributed by atoms with Crippen molar-refractivity contribution < 1.29 is 4.74 Å². The van der Waals surface area contributed by atoms with Crippen molar-refractivity contribution >= 4 is 11.6 Å². The Morgan fingerprint density at radius 3 is 2.61 bits per heavy atom. The number of methoxy groups -OCH3 is 1. The number of aryl methyl sites for hydroxylation is 1. The van der Waals surface area contributed by atoms with E-state index < -0.39 is 0 Å². The van der Waals surface area contributed by atoms with Gasteiger partial charge in [0.1, 0.15) is 16.6 Å². The van der Waals surface area contributed by atoms with Crippen LogP contribution in [-0.2, 0) is 6.54 Å². The Morgan fingerprint density at radius 1 is 1.33 bits per heavy atom. The molecule has 1 aromatic carbocycles. The zero-order valence-electron chi connectivity index (χ0n) is 10.2. The molecule has 0 aliphatic heterocycles. The predicted molar refractivity (Wildman–Crippen MR) is 70.3 cm³/mol. The molecule has 0 radical (unpaired) electrons. The molecule has 0 aliphatic carbocycles. The van der Waals surface area contributed by atoms with E-state index >= 15 is 0 Å². The van der Waals surface area contributed by atoms with E-state index in [1.165, 1.54) is 0 Å². The minimum Gasteiger partial charge on any atom is -0.497 e. The molecule has 1 aromatic heterocycles. The SMILES string of the molecule is COc1ccc(Cn2cc(Cl)nc(C)c2=O)cc1. The first-order chi connectivity index (χ1) is 8.60. The summed E-state index contributed by atoms with van der Waals surface area (Å²) in [6.07, 6.45) is 1.54. The Hall–Kier alpha value is -1.81. The highest BCUT2D eigenvalue weighted by atomic mass is 35.5. The fraction of sp³-hybridized carbons (Fsp3) is 0.231. The van der Waals surface area contributed by atoms with E-state index in [1.807, 2.05) is 24.3 Å². The van der Waals surface area contributed by atoms with E-state index in [-0.39, 0.29) is 5.56 Å². The smallest absolute Gasteiger partial charge is 0.272 e. The van der Waals surface area contributed by atoms with Gasteiger partial charge < -0.3 is 9.30 Å². The van der Waals surface area contributed by atoms with Crippen LogP contribution in [0.2, 0.25) is 5.15 Å². The number of hydrogen-bond acceptors (Lipinski definition) is 3. The van der Waals surface area contributed by atoms with Gasteiger partial charge in [-0.1, -0.05) is 23.7 Å². The van der Waals surface area contributed by atoms with Crippen LogP contribution in [0.4, 0.5) is 0 Å². The van der Waals surface area contributed by atoms with E-state index in [9.17, 15) is 4.79 Å². The van der Waals surface area contributed by atoms with Gasteiger partial charge in [0.15, 0.2) is 0 Å². The van der Waals surface area contributed by atoms with Crippen molar-refractivity contribution in [3.8, 4) is 5.75 Å². The van der Waals surface area contributed by atoms with Gasteiger partial charge in [-0.2, -0.15) is 0 Å². The summed E-state index contributed by atoms with van der Waals surface area (Å²) in [5.41, 5.74) is 1.27. The summed E-state index contributed by atoms with van der Waals surface area (Å²) in [6.45, 7) is 2.12. The van der Waals surface area contributed by atoms with Gasteiger partial charge in [0.2, 0.25) is 0 Å². The van der Waals surface area contributed by atoms with E-state index in [1.54, 1.807) is 24.8 Å². The van der Waals surface area contributed by atoms with E-state index in [2.05, 4.69) is 4.98 Å². The largest absolute Gasteiger partial charge is 0.497 e. The van der Waals surface area contributed by atoms with Crippen LogP contribution in [0, 0.1) is 6.92 Å². The van der Waals surface area contributed by atoms with Crippen LogP contribution >= 0.6 is 11.6 Å². The fourth-order valence-electron chi connectivity index (χ4n) is 1.68. The highest BCUT2D eigenvalue weighted by molar-refractivity contribution is 6.29. The van der Waals surface area contributed by atoms with E-state index in [0.29, 0.717) is 17.4 Å². The van der Waals surface area contributed by atoms with Gasteiger partial charge in [-0.25, -0.2) is 4.98 Å². The standard InChI is InChI=1S/C13H13ClN2O2/c1-9-13(17)16(8-12(14)15-9)7-10-3-5-11(18-2)6-4-10/h3-6,8H,7H2,1-2H3. The molecule has 0 spiro atoms. The molecule has 0 fully saturated rings. The third-order valence-electron chi connectivity index (χ3n) is 2.62. The van der Waals surface area contributed by atoms with Crippen LogP contribution < -0.4 is 10.3 Å². The van der Waals surface area contributed by atoms with Gasteiger partial charge in [-0.15, -0.1) is 0 Å². The van der Waals surface area contributed by atoms with Crippen LogP contribution in [-0.4, -0.2) is 16.7 Å². The molecule has 2 aromatic rings. The van der Waals surface area contributed by atoms with Gasteiger partial charge in [0.25, 0.3) is 5.56 Å². The molecule has 0 amide bonds. The number of nitrogens with zero attached hydrogens (tertiary/aromatic N) is 2. The molecule has 0 N–H and O–H groups in total. The monoisotopic (exact) mass is 264 g/mol. The molecule has 0 unspecified atom stereocenters. The molecule has 0 bridgehead atoms. The number of ether oxygens (including phenoxy) is 1. The van der Waals surface area contributed by atoms with E-state index in [4.69, 9.17) is 16.3 Å². The zero-order chi connectivity index (χ0) is 13.1. The minimum atomic E-state index is -0.129. The third-order valence-corrected chi connectivity index (χ3v) is 2.80. The molecule has 0 atom stereocenters. The maximum Gasteiger partial charge on any atom is 0.272 e. The van der Waals surface area contributed by atoms with Gasteiger partial charge in [-0.3, -0.25) is 4.79 Å². The lowest BCUT2D eigenvalue weighted by Crippen LogP contribution is -2.23. The summed E-state index contributed by atoms with van der Waals surface area (Å²) in [5.74, 6) is 0.787. The first-order valence-corrected chi connectivity index (χ1v) is 5.84. The van der Waals surface area contributed by atoms with E-state index in [0.717, 1.165) is 11.3 Å². The van der Waals surface area contributed by atoms with Crippen LogP contribution in [0.15, 0.2) is 35.3 Å². The Labute approximate surface area is 110 Å². The van der Waals surface area contributed by atoms with Gasteiger partial charge in [-0.05, 0) is 24.6 Å². The normalized spacial score (nSPS) is 10.4. The van der Waals surface area contributed by atoms with Crippen molar-refractivity contribution in [2.75, 3.05) is 7.11 Å². The molecular weight excluding hydrogens is 252 g/mol. The molecule has 0 saturated carbocycles.